The van der Waals surface area contributed by atoms with Crippen molar-refractivity contribution in [1.82, 2.24) is 14.8 Å². The minimum absolute atomic E-state index is 0.360. The van der Waals surface area contributed by atoms with Gasteiger partial charge in [-0.3, -0.25) is 4.68 Å². The van der Waals surface area contributed by atoms with E-state index in [-0.39, 0.29) is 0 Å². The van der Waals surface area contributed by atoms with Crippen molar-refractivity contribution < 1.29 is 0 Å². The van der Waals surface area contributed by atoms with Crippen LogP contribution in [0.4, 0.5) is 0 Å². The van der Waals surface area contributed by atoms with Crippen LogP contribution in [-0.4, -0.2) is 21.3 Å². The van der Waals surface area contributed by atoms with Gasteiger partial charge < -0.3 is 5.73 Å². The van der Waals surface area contributed by atoms with Crippen molar-refractivity contribution in [2.75, 3.05) is 6.54 Å². The summed E-state index contributed by atoms with van der Waals surface area (Å²) in [6.07, 6.45) is 6.26. The van der Waals surface area contributed by atoms with Gasteiger partial charge in [-0.05, 0) is 31.2 Å². The maximum atomic E-state index is 5.75. The highest BCUT2D eigenvalue weighted by atomic mass is 15.3. The predicted octanol–water partition coefficient (Wildman–Crippen LogP) is 0.970. The zero-order valence-electron chi connectivity index (χ0n) is 8.74. The zero-order chi connectivity index (χ0) is 10.0. The van der Waals surface area contributed by atoms with Gasteiger partial charge in [0.15, 0.2) is 0 Å². The van der Waals surface area contributed by atoms with E-state index in [0.29, 0.717) is 5.41 Å². The first kappa shape index (κ1) is 9.65. The average molecular weight is 194 g/mol. The molecule has 1 aromatic rings. The van der Waals surface area contributed by atoms with E-state index < -0.39 is 0 Å². The summed E-state index contributed by atoms with van der Waals surface area (Å²) in [5.41, 5.74) is 6.11. The van der Waals surface area contributed by atoms with Crippen molar-refractivity contribution in [3.63, 3.8) is 0 Å². The second kappa shape index (κ2) is 3.69. The molecule has 0 aliphatic heterocycles. The lowest BCUT2D eigenvalue weighted by atomic mass is 10.0. The molecule has 0 radical (unpaired) electrons. The summed E-state index contributed by atoms with van der Waals surface area (Å²) < 4.78 is 2.01. The van der Waals surface area contributed by atoms with E-state index in [4.69, 9.17) is 5.73 Å². The average Bonchev–Trinajstić information content (AvgIpc) is 2.84. The second-order valence-corrected chi connectivity index (χ2v) is 4.28. The third-order valence-electron chi connectivity index (χ3n) is 3.05. The highest BCUT2D eigenvalue weighted by molar-refractivity contribution is 5.02. The van der Waals surface area contributed by atoms with Crippen molar-refractivity contribution >= 4 is 0 Å². The molecule has 1 aliphatic carbocycles. The Labute approximate surface area is 84.5 Å². The summed E-state index contributed by atoms with van der Waals surface area (Å²) in [7, 11) is 0. The fourth-order valence-corrected chi connectivity index (χ4v) is 1.79. The van der Waals surface area contributed by atoms with Crippen LogP contribution in [0.1, 0.15) is 32.0 Å². The molecule has 78 valence electrons. The van der Waals surface area contributed by atoms with Crippen molar-refractivity contribution in [1.29, 1.82) is 0 Å². The molecule has 0 unspecified atom stereocenters. The molecule has 4 nitrogen and oxygen atoms in total. The van der Waals surface area contributed by atoms with Gasteiger partial charge in [0, 0.05) is 13.0 Å². The summed E-state index contributed by atoms with van der Waals surface area (Å²) in [4.78, 5) is 4.30. The molecule has 0 spiro atoms. The van der Waals surface area contributed by atoms with Gasteiger partial charge in [0.1, 0.15) is 12.2 Å². The third kappa shape index (κ3) is 1.80. The lowest BCUT2D eigenvalue weighted by Crippen LogP contribution is -2.20. The number of nitrogens with zero attached hydrogens (tertiary/aromatic N) is 3. The number of aromatic nitrogens is 3. The molecule has 2 N–H and O–H groups in total. The van der Waals surface area contributed by atoms with E-state index in [9.17, 15) is 0 Å². The normalized spacial score (nSPS) is 18.4. The number of rotatable bonds is 5. The Hall–Kier alpha value is -0.900. The molecule has 1 saturated carbocycles. The Morgan fingerprint density at radius 1 is 1.57 bits per heavy atom. The van der Waals surface area contributed by atoms with Crippen LogP contribution in [0.25, 0.3) is 0 Å². The molecular formula is C10H18N4. The smallest absolute Gasteiger partial charge is 0.138 e. The highest BCUT2D eigenvalue weighted by Crippen LogP contribution is 2.46. The van der Waals surface area contributed by atoms with E-state index in [2.05, 4.69) is 17.0 Å². The SMILES string of the molecule is CCCn1ncnc1CC1(CN)CC1. The van der Waals surface area contributed by atoms with Gasteiger partial charge in [-0.25, -0.2) is 4.98 Å². The van der Waals surface area contributed by atoms with Crippen LogP contribution in [0, 0.1) is 5.41 Å². The predicted molar refractivity (Wildman–Crippen MR) is 54.7 cm³/mol. The molecule has 14 heavy (non-hydrogen) atoms. The monoisotopic (exact) mass is 194 g/mol. The molecule has 1 aliphatic rings. The number of hydrogen-bond donors (Lipinski definition) is 1. The molecule has 0 bridgehead atoms. The second-order valence-electron chi connectivity index (χ2n) is 4.28. The fraction of sp³-hybridized carbons (Fsp3) is 0.800. The molecule has 0 amide bonds. The van der Waals surface area contributed by atoms with Crippen LogP contribution < -0.4 is 5.73 Å². The summed E-state index contributed by atoms with van der Waals surface area (Å²) in [5, 5.41) is 4.22. The van der Waals surface area contributed by atoms with Crippen LogP contribution in [0.15, 0.2) is 6.33 Å². The van der Waals surface area contributed by atoms with Gasteiger partial charge in [-0.15, -0.1) is 0 Å². The Bertz CT molecular complexity index is 301. The number of nitrogens with two attached hydrogens (primary N) is 1. The Kier molecular flexibility index (Phi) is 2.54. The van der Waals surface area contributed by atoms with Crippen molar-refractivity contribution in [3.05, 3.63) is 12.2 Å². The molecule has 0 aromatic carbocycles. The first-order valence-electron chi connectivity index (χ1n) is 5.36. The van der Waals surface area contributed by atoms with Gasteiger partial charge in [0.05, 0.1) is 0 Å². The standard InChI is InChI=1S/C10H18N4/c1-2-5-14-9(12-8-13-14)6-10(7-11)3-4-10/h8H,2-7,11H2,1H3. The van der Waals surface area contributed by atoms with Crippen molar-refractivity contribution in [2.24, 2.45) is 11.1 Å². The quantitative estimate of drug-likeness (QED) is 0.760. The molecule has 0 atom stereocenters. The molecule has 1 aromatic heterocycles. The summed E-state index contributed by atoms with van der Waals surface area (Å²) in [5.74, 6) is 1.11. The Morgan fingerprint density at radius 3 is 2.93 bits per heavy atom. The van der Waals surface area contributed by atoms with E-state index in [1.54, 1.807) is 6.33 Å². The van der Waals surface area contributed by atoms with E-state index in [1.807, 2.05) is 4.68 Å². The van der Waals surface area contributed by atoms with Crippen LogP contribution in [0.2, 0.25) is 0 Å². The summed E-state index contributed by atoms with van der Waals surface area (Å²) in [6, 6.07) is 0. The summed E-state index contributed by atoms with van der Waals surface area (Å²) in [6.45, 7) is 3.91. The van der Waals surface area contributed by atoms with Gasteiger partial charge in [-0.2, -0.15) is 5.10 Å². The van der Waals surface area contributed by atoms with Gasteiger partial charge in [-0.1, -0.05) is 6.92 Å². The third-order valence-corrected chi connectivity index (χ3v) is 3.05. The number of aryl methyl sites for hydroxylation is 1. The van der Waals surface area contributed by atoms with Crippen molar-refractivity contribution in [2.45, 2.75) is 39.2 Å². The van der Waals surface area contributed by atoms with Crippen LogP contribution in [-0.2, 0) is 13.0 Å². The van der Waals surface area contributed by atoms with Gasteiger partial charge >= 0.3 is 0 Å². The lowest BCUT2D eigenvalue weighted by molar-refractivity contribution is 0.471. The molecule has 0 saturated heterocycles. The maximum absolute atomic E-state index is 5.75. The fourth-order valence-electron chi connectivity index (χ4n) is 1.79. The zero-order valence-corrected chi connectivity index (χ0v) is 8.74. The van der Waals surface area contributed by atoms with Gasteiger partial charge in [0.25, 0.3) is 0 Å². The maximum Gasteiger partial charge on any atom is 0.138 e. The largest absolute Gasteiger partial charge is 0.330 e. The van der Waals surface area contributed by atoms with E-state index >= 15 is 0 Å². The number of hydrogen-bond acceptors (Lipinski definition) is 3. The van der Waals surface area contributed by atoms with E-state index in [0.717, 1.165) is 31.8 Å². The first-order valence-corrected chi connectivity index (χ1v) is 5.36. The summed E-state index contributed by atoms with van der Waals surface area (Å²) >= 11 is 0. The molecule has 1 heterocycles. The minimum atomic E-state index is 0.360. The van der Waals surface area contributed by atoms with Crippen LogP contribution in [0.3, 0.4) is 0 Å². The van der Waals surface area contributed by atoms with Gasteiger partial charge in [0.2, 0.25) is 0 Å². The first-order chi connectivity index (χ1) is 6.79. The molecule has 4 heteroatoms. The lowest BCUT2D eigenvalue weighted by Gasteiger charge is -2.11. The Balaban J connectivity index is 2.05. The molecule has 2 rings (SSSR count). The Morgan fingerprint density at radius 2 is 2.36 bits per heavy atom. The van der Waals surface area contributed by atoms with Crippen LogP contribution in [0.5, 0.6) is 0 Å². The minimum Gasteiger partial charge on any atom is -0.330 e. The molecular weight excluding hydrogens is 176 g/mol. The van der Waals surface area contributed by atoms with E-state index in [1.165, 1.54) is 12.8 Å². The van der Waals surface area contributed by atoms with Crippen LogP contribution >= 0.6 is 0 Å². The highest BCUT2D eigenvalue weighted by Gasteiger charge is 2.42. The molecule has 1 fully saturated rings. The topological polar surface area (TPSA) is 56.7 Å². The van der Waals surface area contributed by atoms with Crippen molar-refractivity contribution in [3.8, 4) is 0 Å².